The summed E-state index contributed by atoms with van der Waals surface area (Å²) in [4.78, 5) is 38.7. The van der Waals surface area contributed by atoms with Crippen molar-refractivity contribution in [1.82, 2.24) is 15.3 Å². The van der Waals surface area contributed by atoms with E-state index in [4.69, 9.17) is 14.7 Å². The van der Waals surface area contributed by atoms with Gasteiger partial charge in [-0.15, -0.1) is 0 Å². The normalized spacial score (nSPS) is 36.1. The fraction of sp³-hybridized carbons (Fsp3) is 0.609. The van der Waals surface area contributed by atoms with Crippen LogP contribution in [0.15, 0.2) is 66.2 Å². The van der Waals surface area contributed by atoms with Gasteiger partial charge in [0, 0.05) is 11.8 Å². The lowest BCUT2D eigenvalue weighted by atomic mass is 9.33. The van der Waals surface area contributed by atoms with Crippen LogP contribution in [0.4, 0.5) is 0 Å². The van der Waals surface area contributed by atoms with Gasteiger partial charge in [0.05, 0.1) is 34.9 Å². The number of hydrogen-bond acceptors (Lipinski definition) is 5. The second-order valence-corrected chi connectivity index (χ2v) is 19.5. The number of carbonyl (C=O) groups excluding carboxylic acids is 2. The highest BCUT2D eigenvalue weighted by molar-refractivity contribution is 5.89. The van der Waals surface area contributed by atoms with Crippen molar-refractivity contribution in [3.05, 3.63) is 83.2 Å². The number of ether oxygens (including phenoxy) is 1. The molecule has 6 nitrogen and oxygen atoms in total. The van der Waals surface area contributed by atoms with E-state index in [0.29, 0.717) is 18.3 Å². The Balaban J connectivity index is 1.16. The third kappa shape index (κ3) is 5.08. The number of nitrogens with one attached hydrogen (secondary N) is 1. The maximum Gasteiger partial charge on any atom is 0.328 e. The summed E-state index contributed by atoms with van der Waals surface area (Å²) in [6.07, 6.45) is 12.1. The lowest BCUT2D eigenvalue weighted by molar-refractivity contribution is -0.169. The molecule has 0 radical (unpaired) electrons. The molecule has 1 heterocycles. The molecule has 0 aliphatic heterocycles. The Kier molecular flexibility index (Phi) is 8.18. The SMILES string of the molecule is COC(=O)[C@H](Cc1ccccc1)NC(=O)[C@]12CCC(C)(C)C[C@H]1C1=CC[C@@H]3[C@@]4(C)Cc5nc6ccccc6nc5C(C)(C)[C@@H]4CC[C@@]3(C)[C@]1(C)CC2. The van der Waals surface area contributed by atoms with Gasteiger partial charge in [-0.25, -0.2) is 14.8 Å². The van der Waals surface area contributed by atoms with Crippen molar-refractivity contribution in [2.24, 2.45) is 44.8 Å². The highest BCUT2D eigenvalue weighted by Crippen LogP contribution is 2.75. The van der Waals surface area contributed by atoms with Crippen LogP contribution in [-0.4, -0.2) is 35.0 Å². The lowest BCUT2D eigenvalue weighted by Crippen LogP contribution is -2.65. The molecule has 1 amide bonds. The van der Waals surface area contributed by atoms with Crippen LogP contribution in [0, 0.1) is 44.8 Å². The minimum atomic E-state index is -0.714. The summed E-state index contributed by atoms with van der Waals surface area (Å²) in [5.41, 5.74) is 6.61. The number of hydrogen-bond donors (Lipinski definition) is 1. The number of rotatable bonds is 5. The Morgan fingerprint density at radius 1 is 0.846 bits per heavy atom. The van der Waals surface area contributed by atoms with Crippen LogP contribution in [0.5, 0.6) is 0 Å². The molecule has 0 saturated heterocycles. The maximum absolute atomic E-state index is 14.9. The maximum atomic E-state index is 14.9. The third-order valence-electron chi connectivity index (χ3n) is 16.1. The van der Waals surface area contributed by atoms with Crippen molar-refractivity contribution >= 4 is 22.9 Å². The molecule has 1 aromatic heterocycles. The first-order valence-electron chi connectivity index (χ1n) is 20.0. The Morgan fingerprint density at radius 3 is 2.23 bits per heavy atom. The molecular weight excluding hydrogens is 643 g/mol. The number of allylic oxidation sites excluding steroid dienone is 2. The first kappa shape index (κ1) is 35.5. The first-order chi connectivity index (χ1) is 24.6. The summed E-state index contributed by atoms with van der Waals surface area (Å²) in [7, 11) is 1.42. The molecule has 5 aliphatic rings. The molecule has 3 fully saturated rings. The monoisotopic (exact) mass is 701 g/mol. The number of nitrogens with zero attached hydrogens (tertiary/aromatic N) is 2. The molecule has 8 rings (SSSR count). The fourth-order valence-corrected chi connectivity index (χ4v) is 13.1. The molecule has 5 aliphatic carbocycles. The number of esters is 1. The second-order valence-electron chi connectivity index (χ2n) is 19.5. The van der Waals surface area contributed by atoms with E-state index in [1.165, 1.54) is 36.9 Å². The van der Waals surface area contributed by atoms with Crippen LogP contribution in [0.25, 0.3) is 11.0 Å². The summed E-state index contributed by atoms with van der Waals surface area (Å²) in [5, 5.41) is 3.30. The number of fused-ring (bicyclic) bond motifs is 9. The Hall–Kier alpha value is -3.54. The smallest absolute Gasteiger partial charge is 0.328 e. The van der Waals surface area contributed by atoms with Gasteiger partial charge in [-0.1, -0.05) is 103 Å². The molecule has 1 N–H and O–H groups in total. The number of methoxy groups -OCH3 is 1. The Labute approximate surface area is 311 Å². The molecule has 276 valence electrons. The average molecular weight is 702 g/mol. The number of carbonyl (C=O) groups is 2. The topological polar surface area (TPSA) is 81.2 Å². The van der Waals surface area contributed by atoms with Gasteiger partial charge in [-0.05, 0) is 115 Å². The summed E-state index contributed by atoms with van der Waals surface area (Å²) in [6, 6.07) is 17.6. The largest absolute Gasteiger partial charge is 0.467 e. The summed E-state index contributed by atoms with van der Waals surface area (Å²) >= 11 is 0. The van der Waals surface area contributed by atoms with Gasteiger partial charge in [0.1, 0.15) is 6.04 Å². The molecular formula is C46H59N3O3. The van der Waals surface area contributed by atoms with E-state index in [1.54, 1.807) is 0 Å². The zero-order chi connectivity index (χ0) is 36.9. The minimum absolute atomic E-state index is 0.0168. The zero-order valence-corrected chi connectivity index (χ0v) is 32.8. The van der Waals surface area contributed by atoms with E-state index in [1.807, 2.05) is 30.3 Å². The van der Waals surface area contributed by atoms with Crippen molar-refractivity contribution in [2.45, 2.75) is 124 Å². The molecule has 3 saturated carbocycles. The van der Waals surface area contributed by atoms with Gasteiger partial charge in [0.15, 0.2) is 0 Å². The number of benzene rings is 2. The molecule has 52 heavy (non-hydrogen) atoms. The number of aromatic nitrogens is 2. The quantitative estimate of drug-likeness (QED) is 0.212. The van der Waals surface area contributed by atoms with E-state index < -0.39 is 11.5 Å². The van der Waals surface area contributed by atoms with E-state index in [0.717, 1.165) is 61.5 Å². The molecule has 0 unspecified atom stereocenters. The van der Waals surface area contributed by atoms with Gasteiger partial charge < -0.3 is 10.1 Å². The average Bonchev–Trinajstić information content (AvgIpc) is 3.10. The lowest BCUT2D eigenvalue weighted by Gasteiger charge is -2.70. The van der Waals surface area contributed by atoms with Gasteiger partial charge in [0.2, 0.25) is 5.91 Å². The second kappa shape index (κ2) is 12.0. The zero-order valence-electron chi connectivity index (χ0n) is 32.8. The predicted octanol–water partition coefficient (Wildman–Crippen LogP) is 9.35. The van der Waals surface area contributed by atoms with Crippen molar-refractivity contribution in [3.63, 3.8) is 0 Å². The van der Waals surface area contributed by atoms with Crippen LogP contribution in [0.3, 0.4) is 0 Å². The summed E-state index contributed by atoms with van der Waals surface area (Å²) < 4.78 is 5.25. The van der Waals surface area contributed by atoms with E-state index >= 15 is 0 Å². The molecule has 3 aromatic rings. The highest BCUT2D eigenvalue weighted by Gasteiger charge is 2.69. The fourth-order valence-electron chi connectivity index (χ4n) is 13.1. The van der Waals surface area contributed by atoms with Crippen LogP contribution in [0.2, 0.25) is 0 Å². The summed E-state index contributed by atoms with van der Waals surface area (Å²) in [6.45, 7) is 17.4. The standard InChI is InChI=1S/C46H59N3O3/c1-41(2)22-24-46(40(51)49-34(39(50)52-8)26-29-14-10-9-11-15-29)25-23-44(6)30(31(46)27-41)18-19-37-43(5)28-35-38(48-33-17-13-12-16-32(33)47-35)42(3,4)36(43)20-21-45(37,44)7/h9-18,31,34,36-37H,19-28H2,1-8H3,(H,49,51)/t31-,34-,36-,37+,43-,44+,45+,46-/m0/s1. The van der Waals surface area contributed by atoms with Crippen LogP contribution in [0.1, 0.15) is 117 Å². The molecule has 8 atom stereocenters. The summed E-state index contributed by atoms with van der Waals surface area (Å²) in [5.74, 6) is 0.826. The van der Waals surface area contributed by atoms with Crippen molar-refractivity contribution in [3.8, 4) is 0 Å². The molecule has 0 spiro atoms. The molecule has 2 aromatic carbocycles. The Morgan fingerprint density at radius 2 is 1.52 bits per heavy atom. The van der Waals surface area contributed by atoms with Crippen molar-refractivity contribution in [2.75, 3.05) is 7.11 Å². The van der Waals surface area contributed by atoms with Gasteiger partial charge in [0.25, 0.3) is 0 Å². The van der Waals surface area contributed by atoms with Gasteiger partial charge in [-0.2, -0.15) is 0 Å². The minimum Gasteiger partial charge on any atom is -0.467 e. The van der Waals surface area contributed by atoms with Gasteiger partial charge >= 0.3 is 5.97 Å². The first-order valence-corrected chi connectivity index (χ1v) is 20.0. The predicted molar refractivity (Wildman–Crippen MR) is 206 cm³/mol. The van der Waals surface area contributed by atoms with E-state index in [2.05, 4.69) is 84.1 Å². The van der Waals surface area contributed by atoms with Crippen LogP contribution < -0.4 is 5.32 Å². The van der Waals surface area contributed by atoms with Crippen LogP contribution in [-0.2, 0) is 32.6 Å². The van der Waals surface area contributed by atoms with E-state index in [-0.39, 0.29) is 44.9 Å². The number of amides is 1. The number of para-hydroxylation sites is 2. The van der Waals surface area contributed by atoms with Crippen molar-refractivity contribution in [1.29, 1.82) is 0 Å². The third-order valence-corrected chi connectivity index (χ3v) is 16.1. The molecule has 6 heteroatoms. The van der Waals surface area contributed by atoms with Crippen molar-refractivity contribution < 1.29 is 14.3 Å². The highest BCUT2D eigenvalue weighted by atomic mass is 16.5. The van der Waals surface area contributed by atoms with Gasteiger partial charge in [-0.3, -0.25) is 4.79 Å². The molecule has 0 bridgehead atoms. The van der Waals surface area contributed by atoms with Crippen LogP contribution >= 0.6 is 0 Å². The van der Waals surface area contributed by atoms with E-state index in [9.17, 15) is 9.59 Å². The Bertz CT molecular complexity index is 1950.